The summed E-state index contributed by atoms with van der Waals surface area (Å²) in [4.78, 5) is 44.2. The number of hydrogen-bond donors (Lipinski definition) is 0. The van der Waals surface area contributed by atoms with E-state index in [0.29, 0.717) is 44.6 Å². The number of benzene rings is 5. The van der Waals surface area contributed by atoms with Gasteiger partial charge in [-0.1, -0.05) is 91.0 Å². The molecule has 4 heterocycles. The van der Waals surface area contributed by atoms with Crippen LogP contribution in [0.4, 0.5) is 0 Å². The smallest absolute Gasteiger partial charge is 0.294 e. The van der Waals surface area contributed by atoms with Gasteiger partial charge in [-0.15, -0.1) is 0 Å². The maximum atomic E-state index is 15.0. The maximum Gasteiger partial charge on any atom is 0.301 e. The molecule has 0 radical (unpaired) electrons. The molecule has 0 aliphatic carbocycles. The molecule has 4 aromatic heterocycles. The van der Waals surface area contributed by atoms with Crippen LogP contribution < -0.4 is 11.1 Å². The monoisotopic (exact) mass is 582 g/mol. The normalized spacial score (nSPS) is 11.7. The van der Waals surface area contributed by atoms with Crippen molar-refractivity contribution in [1.29, 1.82) is 0 Å². The molecule has 8 heteroatoms. The highest BCUT2D eigenvalue weighted by Crippen LogP contribution is 2.34. The lowest BCUT2D eigenvalue weighted by Gasteiger charge is -2.17. The Bertz CT molecular complexity index is 2750. The fourth-order valence-electron chi connectivity index (χ4n) is 6.29. The molecule has 5 aromatic carbocycles. The second-order valence-electron chi connectivity index (χ2n) is 10.8. The third-order valence-corrected chi connectivity index (χ3v) is 8.25. The summed E-state index contributed by atoms with van der Waals surface area (Å²) in [5, 5.41) is 1.23. The molecule has 0 bridgehead atoms. The third-order valence-electron chi connectivity index (χ3n) is 8.25. The summed E-state index contributed by atoms with van der Waals surface area (Å²) in [5.74, 6) is 0.347. The lowest BCUT2D eigenvalue weighted by molar-refractivity contribution is 0.922. The zero-order valence-electron chi connectivity index (χ0n) is 23.7. The Morgan fingerprint density at radius 3 is 1.84 bits per heavy atom. The van der Waals surface area contributed by atoms with Crippen molar-refractivity contribution in [2.24, 2.45) is 0 Å². The van der Waals surface area contributed by atoms with Gasteiger partial charge in [0.25, 0.3) is 5.56 Å². The average molecular weight is 583 g/mol. The number of rotatable bonds is 3. The average Bonchev–Trinajstić information content (AvgIpc) is 3.43. The van der Waals surface area contributed by atoms with Gasteiger partial charge in [0.15, 0.2) is 11.5 Å². The van der Waals surface area contributed by atoms with E-state index in [2.05, 4.69) is 0 Å². The Kier molecular flexibility index (Phi) is 5.33. The van der Waals surface area contributed by atoms with Crippen molar-refractivity contribution in [3.05, 3.63) is 154 Å². The lowest BCUT2D eigenvalue weighted by Crippen LogP contribution is -2.30. The Balaban J connectivity index is 1.60. The topological polar surface area (TPSA) is 87.1 Å². The molecule has 0 atom stereocenters. The van der Waals surface area contributed by atoms with Crippen molar-refractivity contribution < 1.29 is 0 Å². The zero-order valence-corrected chi connectivity index (χ0v) is 23.7. The first-order valence-corrected chi connectivity index (χ1v) is 14.6. The second kappa shape index (κ2) is 9.55. The van der Waals surface area contributed by atoms with Crippen molar-refractivity contribution >= 4 is 49.7 Å². The lowest BCUT2D eigenvalue weighted by atomic mass is 10.1. The summed E-state index contributed by atoms with van der Waals surface area (Å²) in [5.41, 5.74) is 5.05. The van der Waals surface area contributed by atoms with E-state index in [1.165, 1.54) is 4.40 Å². The van der Waals surface area contributed by atoms with Crippen LogP contribution in [0.25, 0.3) is 72.4 Å². The van der Waals surface area contributed by atoms with Crippen LogP contribution >= 0.6 is 0 Å². The van der Waals surface area contributed by atoms with Crippen LogP contribution in [0.5, 0.6) is 0 Å². The molecule has 9 rings (SSSR count). The standard InChI is InChI=1S/C37H22N6O2/c44-36-25-17-7-9-19-27(25)39-34-37(45)43(33-31(23-13-3-1-4-14-23)38-28-20-10-11-21-29(28)40-33)35-32(42(34)36)26-18-8-12-22-30(26)41(35)24-15-5-2-6-16-24/h1-22H. The molecular weight excluding hydrogens is 560 g/mol. The predicted octanol–water partition coefficient (Wildman–Crippen LogP) is 6.71. The van der Waals surface area contributed by atoms with Gasteiger partial charge in [-0.3, -0.25) is 18.6 Å². The number of fused-ring (bicyclic) bond motifs is 7. The molecule has 0 saturated carbocycles. The van der Waals surface area contributed by atoms with E-state index < -0.39 is 5.56 Å². The second-order valence-corrected chi connectivity index (χ2v) is 10.8. The number of hydrogen-bond acceptors (Lipinski definition) is 5. The van der Waals surface area contributed by atoms with Gasteiger partial charge in [0.2, 0.25) is 5.65 Å². The molecule has 9 aromatic rings. The Hall–Kier alpha value is -6.41. The minimum Gasteiger partial charge on any atom is -0.294 e. The van der Waals surface area contributed by atoms with Crippen molar-refractivity contribution in [3.63, 3.8) is 0 Å². The molecule has 0 amide bonds. The van der Waals surface area contributed by atoms with Crippen LogP contribution in [-0.4, -0.2) is 28.5 Å². The van der Waals surface area contributed by atoms with Gasteiger partial charge < -0.3 is 0 Å². The first-order valence-electron chi connectivity index (χ1n) is 14.6. The fraction of sp³-hybridized carbons (Fsp3) is 0. The molecule has 0 fully saturated rings. The van der Waals surface area contributed by atoms with E-state index in [-0.39, 0.29) is 11.2 Å². The third kappa shape index (κ3) is 3.63. The summed E-state index contributed by atoms with van der Waals surface area (Å²) in [6.45, 7) is 0. The van der Waals surface area contributed by atoms with E-state index in [1.807, 2.05) is 120 Å². The van der Waals surface area contributed by atoms with Crippen LogP contribution in [0.3, 0.4) is 0 Å². The SMILES string of the molecule is O=c1c2nc3ccccc3c(=O)n2c2c3ccccc3n(-c3ccccc3)c2n1-c1nc2ccccc2nc1-c1ccccc1. The Morgan fingerprint density at radius 1 is 0.489 bits per heavy atom. The summed E-state index contributed by atoms with van der Waals surface area (Å²) >= 11 is 0. The van der Waals surface area contributed by atoms with Crippen molar-refractivity contribution in [2.75, 3.05) is 0 Å². The van der Waals surface area contributed by atoms with Crippen LogP contribution in [0.1, 0.15) is 0 Å². The number of aromatic nitrogens is 6. The minimum absolute atomic E-state index is 0.0103. The quantitative estimate of drug-likeness (QED) is 0.216. The maximum absolute atomic E-state index is 15.0. The van der Waals surface area contributed by atoms with E-state index in [9.17, 15) is 9.59 Å². The van der Waals surface area contributed by atoms with E-state index in [1.54, 1.807) is 22.8 Å². The molecule has 45 heavy (non-hydrogen) atoms. The Morgan fingerprint density at radius 2 is 1.09 bits per heavy atom. The molecule has 0 aliphatic heterocycles. The number of para-hydroxylation sites is 5. The summed E-state index contributed by atoms with van der Waals surface area (Å²) in [6, 6.07) is 42.1. The van der Waals surface area contributed by atoms with Gasteiger partial charge in [-0.25, -0.2) is 19.5 Å². The van der Waals surface area contributed by atoms with Gasteiger partial charge in [-0.05, 0) is 42.5 Å². The Labute approximate surface area is 254 Å². The van der Waals surface area contributed by atoms with Crippen LogP contribution in [-0.2, 0) is 0 Å². The summed E-state index contributed by atoms with van der Waals surface area (Å²) in [7, 11) is 0. The van der Waals surface area contributed by atoms with Crippen LogP contribution in [0.2, 0.25) is 0 Å². The molecule has 0 saturated heterocycles. The summed E-state index contributed by atoms with van der Waals surface area (Å²) < 4.78 is 5.06. The van der Waals surface area contributed by atoms with Crippen molar-refractivity contribution in [3.8, 4) is 22.8 Å². The molecular formula is C37H22N6O2. The van der Waals surface area contributed by atoms with E-state index >= 15 is 0 Å². The fourth-order valence-corrected chi connectivity index (χ4v) is 6.29. The highest BCUT2D eigenvalue weighted by atomic mass is 16.1. The van der Waals surface area contributed by atoms with Crippen molar-refractivity contribution in [1.82, 2.24) is 28.5 Å². The van der Waals surface area contributed by atoms with E-state index in [0.717, 1.165) is 22.2 Å². The van der Waals surface area contributed by atoms with Gasteiger partial charge in [-0.2, -0.15) is 0 Å². The molecule has 8 nitrogen and oxygen atoms in total. The molecule has 0 aliphatic rings. The molecule has 0 spiro atoms. The van der Waals surface area contributed by atoms with Crippen molar-refractivity contribution in [2.45, 2.75) is 0 Å². The van der Waals surface area contributed by atoms with E-state index in [4.69, 9.17) is 15.0 Å². The number of nitrogens with zero attached hydrogens (tertiary/aromatic N) is 6. The molecule has 0 unspecified atom stereocenters. The van der Waals surface area contributed by atoms with Crippen LogP contribution in [0.15, 0.2) is 143 Å². The highest BCUT2D eigenvalue weighted by molar-refractivity contribution is 6.08. The largest absolute Gasteiger partial charge is 0.301 e. The van der Waals surface area contributed by atoms with Gasteiger partial charge in [0.05, 0.1) is 27.5 Å². The molecule has 212 valence electrons. The predicted molar refractivity (Wildman–Crippen MR) is 177 cm³/mol. The highest BCUT2D eigenvalue weighted by Gasteiger charge is 2.26. The zero-order chi connectivity index (χ0) is 30.1. The van der Waals surface area contributed by atoms with Gasteiger partial charge in [0, 0.05) is 16.6 Å². The first-order chi connectivity index (χ1) is 22.2. The van der Waals surface area contributed by atoms with Gasteiger partial charge in [0.1, 0.15) is 11.2 Å². The molecule has 0 N–H and O–H groups in total. The minimum atomic E-state index is -0.480. The van der Waals surface area contributed by atoms with Crippen LogP contribution in [0, 0.1) is 0 Å². The first kappa shape index (κ1) is 25.1. The summed E-state index contributed by atoms with van der Waals surface area (Å²) in [6.07, 6.45) is 0. The van der Waals surface area contributed by atoms with Gasteiger partial charge >= 0.3 is 5.56 Å².